The van der Waals surface area contributed by atoms with E-state index in [1.165, 1.54) is 0 Å². The first-order valence-electron chi connectivity index (χ1n) is 10.3. The third-order valence-electron chi connectivity index (χ3n) is 5.04. The van der Waals surface area contributed by atoms with Gasteiger partial charge >= 0.3 is 0 Å². The highest BCUT2D eigenvalue weighted by Crippen LogP contribution is 2.36. The Morgan fingerprint density at radius 2 is 2.13 bits per heavy atom. The minimum Gasteiger partial charge on any atom is -0.497 e. The molecule has 1 saturated heterocycles. The van der Waals surface area contributed by atoms with Crippen molar-refractivity contribution in [3.63, 3.8) is 0 Å². The van der Waals surface area contributed by atoms with Crippen LogP contribution in [-0.4, -0.2) is 37.4 Å². The third-order valence-corrected chi connectivity index (χ3v) is 6.87. The van der Waals surface area contributed by atoms with Crippen LogP contribution in [0.25, 0.3) is 21.7 Å². The molecule has 1 atom stereocenters. The molecule has 7 heteroatoms. The molecule has 4 rings (SSSR count). The van der Waals surface area contributed by atoms with E-state index in [0.29, 0.717) is 17.9 Å². The monoisotopic (exact) mass is 452 g/mol. The highest BCUT2D eigenvalue weighted by molar-refractivity contribution is 7.99. The molecule has 1 aromatic carbocycles. The largest absolute Gasteiger partial charge is 0.497 e. The van der Waals surface area contributed by atoms with Crippen LogP contribution in [0, 0.1) is 11.3 Å². The highest BCUT2D eigenvalue weighted by atomic mass is 32.2. The second-order valence-corrected chi connectivity index (χ2v) is 9.10. The van der Waals surface area contributed by atoms with Crippen molar-refractivity contribution in [2.75, 3.05) is 26.1 Å². The van der Waals surface area contributed by atoms with E-state index in [9.17, 15) is 5.26 Å². The topological polar surface area (TPSA) is 64.4 Å². The van der Waals surface area contributed by atoms with Gasteiger partial charge in [-0.05, 0) is 54.5 Å². The lowest BCUT2D eigenvalue weighted by Gasteiger charge is -2.22. The van der Waals surface area contributed by atoms with Gasteiger partial charge in [0, 0.05) is 17.9 Å². The van der Waals surface area contributed by atoms with Gasteiger partial charge < -0.3 is 14.2 Å². The van der Waals surface area contributed by atoms with Crippen molar-refractivity contribution in [2.45, 2.75) is 30.6 Å². The highest BCUT2D eigenvalue weighted by Gasteiger charge is 2.17. The number of hydrogen-bond donors (Lipinski definition) is 0. The van der Waals surface area contributed by atoms with Crippen molar-refractivity contribution in [3.8, 4) is 33.5 Å². The predicted octanol–water partition coefficient (Wildman–Crippen LogP) is 5.99. The maximum atomic E-state index is 9.97. The molecule has 2 aromatic heterocycles. The molecule has 0 radical (unpaired) electrons. The molecule has 160 valence electrons. The van der Waals surface area contributed by atoms with Gasteiger partial charge in [-0.1, -0.05) is 18.2 Å². The average Bonchev–Trinajstić information content (AvgIpc) is 3.37. The lowest BCUT2D eigenvalue weighted by atomic mass is 10.0. The Labute approximate surface area is 191 Å². The van der Waals surface area contributed by atoms with Crippen molar-refractivity contribution in [2.24, 2.45) is 0 Å². The van der Waals surface area contributed by atoms with Gasteiger partial charge in [0.05, 0.1) is 29.9 Å². The summed E-state index contributed by atoms with van der Waals surface area (Å²) in [6.07, 6.45) is 3.09. The Kier molecular flexibility index (Phi) is 7.60. The van der Waals surface area contributed by atoms with Gasteiger partial charge in [0.25, 0.3) is 0 Å². The van der Waals surface area contributed by atoms with Gasteiger partial charge in [0.15, 0.2) is 6.29 Å². The number of aromatic nitrogens is 1. The fourth-order valence-corrected chi connectivity index (χ4v) is 4.97. The quantitative estimate of drug-likeness (QED) is 0.309. The van der Waals surface area contributed by atoms with Crippen molar-refractivity contribution < 1.29 is 14.2 Å². The summed E-state index contributed by atoms with van der Waals surface area (Å²) < 4.78 is 16.8. The third kappa shape index (κ3) is 5.46. The second-order valence-electron chi connectivity index (χ2n) is 7.07. The molecule has 1 aliphatic rings. The van der Waals surface area contributed by atoms with E-state index in [1.807, 2.05) is 41.8 Å². The molecule has 0 bridgehead atoms. The zero-order valence-corrected chi connectivity index (χ0v) is 19.0. The number of hydrogen-bond acceptors (Lipinski definition) is 7. The SMILES string of the molecule is COc1ccc(-c2cc(-c3cccs3)nc(SCCO[C@H]3CCCCO3)c2C#N)cc1. The molecule has 0 spiro atoms. The minimum atomic E-state index is -0.106. The average molecular weight is 453 g/mol. The number of rotatable bonds is 8. The standard InChI is InChI=1S/C24H24N2O3S2/c1-27-18-9-7-17(8-10-18)19-15-21(22-5-4-13-30-22)26-24(20(19)16-25)31-14-12-29-23-6-2-3-11-28-23/h4-5,7-10,13,15,23H,2-3,6,11-12,14H2,1H3/t23-/m0/s1. The molecule has 0 unspecified atom stereocenters. The summed E-state index contributed by atoms with van der Waals surface area (Å²) in [6, 6.07) is 16.2. The molecule has 0 saturated carbocycles. The molecule has 0 N–H and O–H groups in total. The Morgan fingerprint density at radius 1 is 1.26 bits per heavy atom. The molecule has 3 aromatic rings. The van der Waals surface area contributed by atoms with Gasteiger partial charge in [-0.15, -0.1) is 23.1 Å². The zero-order chi connectivity index (χ0) is 21.5. The first-order valence-corrected chi connectivity index (χ1v) is 12.1. The Morgan fingerprint density at radius 3 is 2.81 bits per heavy atom. The molecular weight excluding hydrogens is 428 g/mol. The number of thioether (sulfide) groups is 1. The molecule has 1 aliphatic heterocycles. The van der Waals surface area contributed by atoms with Crippen LogP contribution in [0.3, 0.4) is 0 Å². The van der Waals surface area contributed by atoms with Crippen LogP contribution in [0.1, 0.15) is 24.8 Å². The van der Waals surface area contributed by atoms with Crippen LogP contribution in [0.2, 0.25) is 0 Å². The van der Waals surface area contributed by atoms with Gasteiger partial charge in [-0.3, -0.25) is 0 Å². The van der Waals surface area contributed by atoms with Gasteiger partial charge in [-0.2, -0.15) is 5.26 Å². The van der Waals surface area contributed by atoms with Gasteiger partial charge in [-0.25, -0.2) is 4.98 Å². The summed E-state index contributed by atoms with van der Waals surface area (Å²) in [7, 11) is 1.65. The smallest absolute Gasteiger partial charge is 0.157 e. The summed E-state index contributed by atoms with van der Waals surface area (Å²) >= 11 is 3.19. The minimum absolute atomic E-state index is 0.106. The van der Waals surface area contributed by atoms with Crippen LogP contribution < -0.4 is 4.74 Å². The van der Waals surface area contributed by atoms with E-state index >= 15 is 0 Å². The van der Waals surface area contributed by atoms with Gasteiger partial charge in [0.1, 0.15) is 16.8 Å². The molecule has 5 nitrogen and oxygen atoms in total. The van der Waals surface area contributed by atoms with Crippen molar-refractivity contribution in [1.29, 1.82) is 5.26 Å². The lowest BCUT2D eigenvalue weighted by Crippen LogP contribution is -2.23. The lowest BCUT2D eigenvalue weighted by molar-refractivity contribution is -0.158. The van der Waals surface area contributed by atoms with Gasteiger partial charge in [0.2, 0.25) is 0 Å². The summed E-state index contributed by atoms with van der Waals surface area (Å²) in [5, 5.41) is 12.7. The molecule has 0 aliphatic carbocycles. The summed E-state index contributed by atoms with van der Waals surface area (Å²) in [4.78, 5) is 5.91. The van der Waals surface area contributed by atoms with Crippen LogP contribution in [-0.2, 0) is 9.47 Å². The number of thiophene rings is 1. The van der Waals surface area contributed by atoms with E-state index in [-0.39, 0.29) is 6.29 Å². The molecule has 0 amide bonds. The number of methoxy groups -OCH3 is 1. The first kappa shape index (κ1) is 21.8. The fraction of sp³-hybridized carbons (Fsp3) is 0.333. The maximum absolute atomic E-state index is 9.97. The predicted molar refractivity (Wildman–Crippen MR) is 125 cm³/mol. The summed E-state index contributed by atoms with van der Waals surface area (Å²) in [5.41, 5.74) is 3.30. The van der Waals surface area contributed by atoms with Crippen LogP contribution in [0.5, 0.6) is 5.75 Å². The molecule has 31 heavy (non-hydrogen) atoms. The maximum Gasteiger partial charge on any atom is 0.157 e. The molecule has 3 heterocycles. The van der Waals surface area contributed by atoms with E-state index in [1.54, 1.807) is 30.2 Å². The number of benzene rings is 1. The molecule has 1 fully saturated rings. The van der Waals surface area contributed by atoms with E-state index < -0.39 is 0 Å². The summed E-state index contributed by atoms with van der Waals surface area (Å²) in [6.45, 7) is 1.33. The van der Waals surface area contributed by atoms with E-state index in [0.717, 1.165) is 58.3 Å². The number of nitrogens with zero attached hydrogens (tertiary/aromatic N) is 2. The van der Waals surface area contributed by atoms with Crippen molar-refractivity contribution in [3.05, 3.63) is 53.4 Å². The van der Waals surface area contributed by atoms with Crippen molar-refractivity contribution in [1.82, 2.24) is 4.98 Å². The van der Waals surface area contributed by atoms with E-state index in [4.69, 9.17) is 19.2 Å². The number of ether oxygens (including phenoxy) is 3. The Bertz CT molecular complexity index is 1020. The van der Waals surface area contributed by atoms with Crippen LogP contribution >= 0.6 is 23.1 Å². The first-order chi connectivity index (χ1) is 15.3. The zero-order valence-electron chi connectivity index (χ0n) is 17.4. The molecular formula is C24H24N2O3S2. The fourth-order valence-electron chi connectivity index (χ4n) is 3.44. The summed E-state index contributed by atoms with van der Waals surface area (Å²) in [5.74, 6) is 1.49. The van der Waals surface area contributed by atoms with E-state index in [2.05, 4.69) is 12.1 Å². The normalized spacial score (nSPS) is 16.1. The van der Waals surface area contributed by atoms with Crippen LogP contribution in [0.15, 0.2) is 52.9 Å². The van der Waals surface area contributed by atoms with Crippen LogP contribution in [0.4, 0.5) is 0 Å². The Hall–Kier alpha value is -2.37. The second kappa shape index (κ2) is 10.8. The number of pyridine rings is 1. The Balaban J connectivity index is 1.59. The number of nitriles is 1. The van der Waals surface area contributed by atoms with Crippen molar-refractivity contribution >= 4 is 23.1 Å².